The Labute approximate surface area is 103 Å². The van der Waals surface area contributed by atoms with Gasteiger partial charge in [-0.25, -0.2) is 4.39 Å². The summed E-state index contributed by atoms with van der Waals surface area (Å²) in [6.07, 6.45) is 5.66. The summed E-state index contributed by atoms with van der Waals surface area (Å²) in [5, 5.41) is 0. The van der Waals surface area contributed by atoms with Gasteiger partial charge in [-0.15, -0.1) is 0 Å². The average Bonchev–Trinajstić information content (AvgIpc) is 2.34. The second-order valence-corrected chi connectivity index (χ2v) is 4.62. The number of carbonyl (C=O) groups is 1. The standard InChI is InChI=1S/C15H21FO/c1-3-4-5-6-7-12(2)15(17)13-8-10-14(16)11-9-13/h8-12H,3-7H2,1-2H3. The first-order valence-electron chi connectivity index (χ1n) is 6.45. The normalized spacial score (nSPS) is 12.4. The molecule has 1 nitrogen and oxygen atoms in total. The molecule has 1 rings (SSSR count). The van der Waals surface area contributed by atoms with Crippen molar-refractivity contribution in [2.75, 3.05) is 0 Å². The highest BCUT2D eigenvalue weighted by Crippen LogP contribution is 2.16. The van der Waals surface area contributed by atoms with Crippen LogP contribution in [0.4, 0.5) is 4.39 Å². The Balaban J connectivity index is 2.43. The summed E-state index contributed by atoms with van der Waals surface area (Å²) in [5.74, 6) is -0.129. The summed E-state index contributed by atoms with van der Waals surface area (Å²) in [5.41, 5.74) is 0.620. The summed E-state index contributed by atoms with van der Waals surface area (Å²) in [7, 11) is 0. The van der Waals surface area contributed by atoms with Crippen molar-refractivity contribution in [1.82, 2.24) is 0 Å². The molecular weight excluding hydrogens is 215 g/mol. The van der Waals surface area contributed by atoms with Crippen LogP contribution in [0.25, 0.3) is 0 Å². The van der Waals surface area contributed by atoms with Gasteiger partial charge < -0.3 is 0 Å². The van der Waals surface area contributed by atoms with Crippen LogP contribution in [0, 0.1) is 11.7 Å². The molecule has 17 heavy (non-hydrogen) atoms. The zero-order valence-electron chi connectivity index (χ0n) is 10.7. The highest BCUT2D eigenvalue weighted by atomic mass is 19.1. The summed E-state index contributed by atoms with van der Waals surface area (Å²) >= 11 is 0. The Morgan fingerprint density at radius 1 is 1.18 bits per heavy atom. The predicted octanol–water partition coefficient (Wildman–Crippen LogP) is 4.61. The molecule has 2 heteroatoms. The second kappa shape index (κ2) is 7.21. The van der Waals surface area contributed by atoms with Gasteiger partial charge in [0.25, 0.3) is 0 Å². The molecule has 0 aliphatic carbocycles. The lowest BCUT2D eigenvalue weighted by Crippen LogP contribution is -2.11. The quantitative estimate of drug-likeness (QED) is 0.499. The fourth-order valence-corrected chi connectivity index (χ4v) is 1.91. The van der Waals surface area contributed by atoms with Crippen molar-refractivity contribution < 1.29 is 9.18 Å². The van der Waals surface area contributed by atoms with E-state index in [1.54, 1.807) is 12.1 Å². The van der Waals surface area contributed by atoms with E-state index < -0.39 is 0 Å². The van der Waals surface area contributed by atoms with Crippen molar-refractivity contribution in [2.45, 2.75) is 46.0 Å². The SMILES string of the molecule is CCCCCCC(C)C(=O)c1ccc(F)cc1. The molecule has 1 aromatic rings. The van der Waals surface area contributed by atoms with E-state index in [-0.39, 0.29) is 17.5 Å². The van der Waals surface area contributed by atoms with E-state index in [9.17, 15) is 9.18 Å². The maximum Gasteiger partial charge on any atom is 0.165 e. The largest absolute Gasteiger partial charge is 0.294 e. The minimum absolute atomic E-state index is 0.0392. The predicted molar refractivity (Wildman–Crippen MR) is 68.7 cm³/mol. The highest BCUT2D eigenvalue weighted by Gasteiger charge is 2.14. The van der Waals surface area contributed by atoms with Crippen LogP contribution >= 0.6 is 0 Å². The molecule has 0 saturated carbocycles. The Bertz CT molecular complexity index is 342. The van der Waals surface area contributed by atoms with E-state index in [1.165, 1.54) is 31.4 Å². The van der Waals surface area contributed by atoms with Crippen LogP contribution in [0.15, 0.2) is 24.3 Å². The van der Waals surface area contributed by atoms with Gasteiger partial charge in [0.1, 0.15) is 5.82 Å². The minimum Gasteiger partial charge on any atom is -0.294 e. The molecular formula is C15H21FO. The number of unbranched alkanes of at least 4 members (excludes halogenated alkanes) is 3. The van der Waals surface area contributed by atoms with Gasteiger partial charge in [-0.2, -0.15) is 0 Å². The van der Waals surface area contributed by atoms with Gasteiger partial charge in [-0.3, -0.25) is 4.79 Å². The van der Waals surface area contributed by atoms with Gasteiger partial charge in [-0.1, -0.05) is 39.5 Å². The molecule has 0 bridgehead atoms. The molecule has 1 atom stereocenters. The lowest BCUT2D eigenvalue weighted by atomic mass is 9.94. The molecule has 1 unspecified atom stereocenters. The van der Waals surface area contributed by atoms with E-state index in [1.807, 2.05) is 6.92 Å². The van der Waals surface area contributed by atoms with Gasteiger partial charge in [0, 0.05) is 11.5 Å². The maximum atomic E-state index is 12.7. The Kier molecular flexibility index (Phi) is 5.88. The molecule has 0 aliphatic rings. The number of halogens is 1. The smallest absolute Gasteiger partial charge is 0.165 e. The molecule has 94 valence electrons. The second-order valence-electron chi connectivity index (χ2n) is 4.62. The molecule has 0 aliphatic heterocycles. The van der Waals surface area contributed by atoms with Crippen LogP contribution in [0.2, 0.25) is 0 Å². The number of carbonyl (C=O) groups excluding carboxylic acids is 1. The van der Waals surface area contributed by atoms with Crippen molar-refractivity contribution in [3.8, 4) is 0 Å². The number of rotatable bonds is 7. The van der Waals surface area contributed by atoms with Gasteiger partial charge in [-0.05, 0) is 30.7 Å². The number of benzene rings is 1. The summed E-state index contributed by atoms with van der Waals surface area (Å²) in [6, 6.07) is 5.83. The van der Waals surface area contributed by atoms with Crippen molar-refractivity contribution in [1.29, 1.82) is 0 Å². The Hall–Kier alpha value is -1.18. The minimum atomic E-state index is -0.294. The van der Waals surface area contributed by atoms with Crippen LogP contribution < -0.4 is 0 Å². The third kappa shape index (κ3) is 4.68. The lowest BCUT2D eigenvalue weighted by molar-refractivity contribution is 0.0922. The van der Waals surface area contributed by atoms with Crippen LogP contribution in [0.5, 0.6) is 0 Å². The molecule has 0 amide bonds. The summed E-state index contributed by atoms with van der Waals surface area (Å²) < 4.78 is 12.7. The van der Waals surface area contributed by atoms with Crippen molar-refractivity contribution in [2.24, 2.45) is 5.92 Å². The van der Waals surface area contributed by atoms with Crippen LogP contribution in [-0.2, 0) is 0 Å². The van der Waals surface area contributed by atoms with Crippen molar-refractivity contribution in [3.63, 3.8) is 0 Å². The molecule has 0 heterocycles. The first-order chi connectivity index (χ1) is 8.15. The molecule has 0 saturated heterocycles. The van der Waals surface area contributed by atoms with E-state index in [0.717, 1.165) is 12.8 Å². The Morgan fingerprint density at radius 2 is 1.82 bits per heavy atom. The zero-order chi connectivity index (χ0) is 12.7. The molecule has 0 N–H and O–H groups in total. The lowest BCUT2D eigenvalue weighted by Gasteiger charge is -2.10. The molecule has 0 radical (unpaired) electrons. The van der Waals surface area contributed by atoms with Gasteiger partial charge in [0.05, 0.1) is 0 Å². The van der Waals surface area contributed by atoms with E-state index in [0.29, 0.717) is 5.56 Å². The van der Waals surface area contributed by atoms with Crippen LogP contribution in [0.1, 0.15) is 56.3 Å². The Morgan fingerprint density at radius 3 is 2.41 bits per heavy atom. The molecule has 0 spiro atoms. The number of hydrogen-bond donors (Lipinski definition) is 0. The highest BCUT2D eigenvalue weighted by molar-refractivity contribution is 5.97. The van der Waals surface area contributed by atoms with Gasteiger partial charge >= 0.3 is 0 Å². The monoisotopic (exact) mass is 236 g/mol. The van der Waals surface area contributed by atoms with Crippen molar-refractivity contribution in [3.05, 3.63) is 35.6 Å². The van der Waals surface area contributed by atoms with Crippen LogP contribution in [0.3, 0.4) is 0 Å². The number of ketones is 1. The third-order valence-corrected chi connectivity index (χ3v) is 3.07. The number of Topliss-reactive ketones (excluding diaryl/α,β-unsaturated/α-hetero) is 1. The van der Waals surface area contributed by atoms with E-state index >= 15 is 0 Å². The first-order valence-corrected chi connectivity index (χ1v) is 6.45. The third-order valence-electron chi connectivity index (χ3n) is 3.07. The fraction of sp³-hybridized carbons (Fsp3) is 0.533. The molecule has 0 aromatic heterocycles. The maximum absolute atomic E-state index is 12.7. The van der Waals surface area contributed by atoms with Crippen LogP contribution in [-0.4, -0.2) is 5.78 Å². The van der Waals surface area contributed by atoms with Gasteiger partial charge in [0.2, 0.25) is 0 Å². The van der Waals surface area contributed by atoms with Gasteiger partial charge in [0.15, 0.2) is 5.78 Å². The summed E-state index contributed by atoms with van der Waals surface area (Å²) in [4.78, 5) is 12.0. The topological polar surface area (TPSA) is 17.1 Å². The molecule has 0 fully saturated rings. The van der Waals surface area contributed by atoms with Crippen molar-refractivity contribution >= 4 is 5.78 Å². The van der Waals surface area contributed by atoms with E-state index in [4.69, 9.17) is 0 Å². The average molecular weight is 236 g/mol. The van der Waals surface area contributed by atoms with E-state index in [2.05, 4.69) is 6.92 Å². The number of hydrogen-bond acceptors (Lipinski definition) is 1. The fourth-order valence-electron chi connectivity index (χ4n) is 1.91. The first kappa shape index (κ1) is 13.9. The summed E-state index contributed by atoms with van der Waals surface area (Å²) in [6.45, 7) is 4.13. The molecule has 1 aromatic carbocycles. The zero-order valence-corrected chi connectivity index (χ0v) is 10.7.